The number of carbonyl (C=O) groups is 1. The number of carbonyl (C=O) groups excluding carboxylic acids is 1. The highest BCUT2D eigenvalue weighted by Gasteiger charge is 2.20. The van der Waals surface area contributed by atoms with Gasteiger partial charge in [0.05, 0.1) is 11.6 Å². The molecule has 0 unspecified atom stereocenters. The molecule has 1 aromatic rings. The molecule has 0 aliphatic carbocycles. The van der Waals surface area contributed by atoms with Gasteiger partial charge >= 0.3 is 0 Å². The number of piperidine rings is 1. The minimum Gasteiger partial charge on any atom is -0.395 e. The average molecular weight is 314 g/mol. The molecule has 1 amide bonds. The highest BCUT2D eigenvalue weighted by atomic mass is 35.5. The fourth-order valence-electron chi connectivity index (χ4n) is 2.89. The first-order valence-corrected chi connectivity index (χ1v) is 7.94. The van der Waals surface area contributed by atoms with E-state index in [-0.39, 0.29) is 12.5 Å². The van der Waals surface area contributed by atoms with Crippen molar-refractivity contribution in [2.45, 2.75) is 31.7 Å². The van der Waals surface area contributed by atoms with Crippen molar-refractivity contribution in [2.24, 2.45) is 7.05 Å². The van der Waals surface area contributed by atoms with Crippen molar-refractivity contribution < 1.29 is 9.90 Å². The number of nitrogens with zero attached hydrogens (tertiary/aromatic N) is 2. The van der Waals surface area contributed by atoms with Gasteiger partial charge in [-0.05, 0) is 31.9 Å². The Kier molecular flexibility index (Phi) is 6.08. The van der Waals surface area contributed by atoms with E-state index >= 15 is 0 Å². The summed E-state index contributed by atoms with van der Waals surface area (Å²) >= 11 is 5.87. The molecular weight excluding hydrogens is 290 g/mol. The standard InChI is InChI=1S/C15H24ClN3O2/c1-18-10-12(16)9-14(18)15(21)17-6-4-8-19-7-3-2-5-13(19)11-20/h9-10,13,20H,2-8,11H2,1H3,(H,17,21)/t13-/m0/s1. The first-order valence-electron chi connectivity index (χ1n) is 7.57. The molecule has 2 rings (SSSR count). The van der Waals surface area contributed by atoms with Crippen LogP contribution in [0.15, 0.2) is 12.3 Å². The molecule has 0 saturated carbocycles. The molecule has 1 aromatic heterocycles. The van der Waals surface area contributed by atoms with E-state index in [1.54, 1.807) is 23.9 Å². The fourth-order valence-corrected chi connectivity index (χ4v) is 3.14. The predicted octanol–water partition coefficient (Wildman–Crippen LogP) is 1.65. The maximum absolute atomic E-state index is 12.0. The highest BCUT2D eigenvalue weighted by Crippen LogP contribution is 2.16. The predicted molar refractivity (Wildman–Crippen MR) is 83.7 cm³/mol. The summed E-state index contributed by atoms with van der Waals surface area (Å²) in [6.07, 6.45) is 6.08. The third kappa shape index (κ3) is 4.46. The number of amides is 1. The molecule has 21 heavy (non-hydrogen) atoms. The van der Waals surface area contributed by atoms with Gasteiger partial charge in [0.25, 0.3) is 5.91 Å². The number of hydrogen-bond acceptors (Lipinski definition) is 3. The Morgan fingerprint density at radius 3 is 3.00 bits per heavy atom. The number of aromatic nitrogens is 1. The minimum absolute atomic E-state index is 0.0956. The molecule has 0 spiro atoms. The summed E-state index contributed by atoms with van der Waals surface area (Å²) in [7, 11) is 1.81. The molecular formula is C15H24ClN3O2. The third-order valence-electron chi connectivity index (χ3n) is 4.07. The Morgan fingerprint density at radius 2 is 2.33 bits per heavy atom. The molecule has 2 heterocycles. The quantitative estimate of drug-likeness (QED) is 0.785. The Bertz CT molecular complexity index is 475. The average Bonchev–Trinajstić information content (AvgIpc) is 2.82. The van der Waals surface area contributed by atoms with Crippen molar-refractivity contribution in [3.8, 4) is 0 Å². The van der Waals surface area contributed by atoms with Crippen molar-refractivity contribution in [3.05, 3.63) is 23.0 Å². The van der Waals surface area contributed by atoms with Crippen LogP contribution < -0.4 is 5.32 Å². The van der Waals surface area contributed by atoms with E-state index < -0.39 is 0 Å². The molecule has 0 radical (unpaired) electrons. The number of aliphatic hydroxyl groups is 1. The second-order valence-corrected chi connectivity index (χ2v) is 6.07. The smallest absolute Gasteiger partial charge is 0.267 e. The Labute approximate surface area is 130 Å². The summed E-state index contributed by atoms with van der Waals surface area (Å²) < 4.78 is 1.73. The summed E-state index contributed by atoms with van der Waals surface area (Å²) in [5.41, 5.74) is 0.575. The summed E-state index contributed by atoms with van der Waals surface area (Å²) in [6, 6.07) is 1.96. The van der Waals surface area contributed by atoms with Crippen molar-refractivity contribution in [1.29, 1.82) is 0 Å². The molecule has 118 valence electrons. The van der Waals surface area contributed by atoms with Crippen LogP contribution in [0.4, 0.5) is 0 Å². The second kappa shape index (κ2) is 7.82. The summed E-state index contributed by atoms with van der Waals surface area (Å²) in [5.74, 6) is -0.0956. The number of nitrogens with one attached hydrogen (secondary N) is 1. The Balaban J connectivity index is 1.72. The van der Waals surface area contributed by atoms with Crippen LogP contribution in [0, 0.1) is 0 Å². The van der Waals surface area contributed by atoms with Gasteiger partial charge in [0.15, 0.2) is 0 Å². The molecule has 0 aromatic carbocycles. The van der Waals surface area contributed by atoms with Crippen LogP contribution in [-0.4, -0.2) is 52.8 Å². The van der Waals surface area contributed by atoms with Crippen LogP contribution >= 0.6 is 11.6 Å². The number of hydrogen-bond donors (Lipinski definition) is 2. The zero-order chi connectivity index (χ0) is 15.2. The summed E-state index contributed by atoms with van der Waals surface area (Å²) in [5, 5.41) is 12.9. The lowest BCUT2D eigenvalue weighted by molar-refractivity contribution is 0.0866. The molecule has 1 aliphatic heterocycles. The first-order chi connectivity index (χ1) is 10.1. The van der Waals surface area contributed by atoms with Gasteiger partial charge < -0.3 is 15.0 Å². The van der Waals surface area contributed by atoms with E-state index in [1.165, 1.54) is 12.8 Å². The topological polar surface area (TPSA) is 57.5 Å². The van der Waals surface area contributed by atoms with Crippen molar-refractivity contribution in [3.63, 3.8) is 0 Å². The van der Waals surface area contributed by atoms with Gasteiger partial charge in [0, 0.05) is 32.4 Å². The van der Waals surface area contributed by atoms with Crippen LogP contribution in [0.3, 0.4) is 0 Å². The van der Waals surface area contributed by atoms with Crippen molar-refractivity contribution in [2.75, 3.05) is 26.2 Å². The largest absolute Gasteiger partial charge is 0.395 e. The Morgan fingerprint density at radius 1 is 1.52 bits per heavy atom. The maximum atomic E-state index is 12.0. The van der Waals surface area contributed by atoms with Gasteiger partial charge in [-0.15, -0.1) is 0 Å². The lowest BCUT2D eigenvalue weighted by atomic mass is 10.0. The number of aliphatic hydroxyl groups excluding tert-OH is 1. The van der Waals surface area contributed by atoms with Crippen LogP contribution in [-0.2, 0) is 7.05 Å². The van der Waals surface area contributed by atoms with Gasteiger partial charge in [-0.2, -0.15) is 0 Å². The Hall–Kier alpha value is -1.04. The van der Waals surface area contributed by atoms with E-state index in [1.807, 2.05) is 0 Å². The maximum Gasteiger partial charge on any atom is 0.267 e. The van der Waals surface area contributed by atoms with Crippen LogP contribution in [0.2, 0.25) is 5.02 Å². The highest BCUT2D eigenvalue weighted by molar-refractivity contribution is 6.31. The summed E-state index contributed by atoms with van der Waals surface area (Å²) in [4.78, 5) is 14.3. The lowest BCUT2D eigenvalue weighted by Crippen LogP contribution is -2.43. The zero-order valence-corrected chi connectivity index (χ0v) is 13.3. The molecule has 1 fully saturated rings. The molecule has 6 heteroatoms. The fraction of sp³-hybridized carbons (Fsp3) is 0.667. The summed E-state index contributed by atoms with van der Waals surface area (Å²) in [6.45, 7) is 2.83. The van der Waals surface area contributed by atoms with Crippen LogP contribution in [0.5, 0.6) is 0 Å². The second-order valence-electron chi connectivity index (χ2n) is 5.63. The van der Waals surface area contributed by atoms with E-state index in [9.17, 15) is 9.90 Å². The first kappa shape index (κ1) is 16.3. The lowest BCUT2D eigenvalue weighted by Gasteiger charge is -2.34. The SMILES string of the molecule is Cn1cc(Cl)cc1C(=O)NCCCN1CCCC[C@H]1CO. The van der Waals surface area contributed by atoms with Crippen molar-refractivity contribution >= 4 is 17.5 Å². The number of rotatable bonds is 6. The molecule has 1 aliphatic rings. The van der Waals surface area contributed by atoms with E-state index in [4.69, 9.17) is 11.6 Å². The normalized spacial score (nSPS) is 19.7. The van der Waals surface area contributed by atoms with E-state index in [0.717, 1.165) is 25.9 Å². The van der Waals surface area contributed by atoms with Gasteiger partial charge in [-0.3, -0.25) is 9.69 Å². The van der Waals surface area contributed by atoms with Gasteiger partial charge in [0.1, 0.15) is 5.69 Å². The third-order valence-corrected chi connectivity index (χ3v) is 4.28. The number of likely N-dealkylation sites (tertiary alicyclic amines) is 1. The molecule has 1 saturated heterocycles. The van der Waals surface area contributed by atoms with Crippen LogP contribution in [0.25, 0.3) is 0 Å². The van der Waals surface area contributed by atoms with E-state index in [2.05, 4.69) is 10.2 Å². The van der Waals surface area contributed by atoms with Gasteiger partial charge in [0.2, 0.25) is 0 Å². The van der Waals surface area contributed by atoms with E-state index in [0.29, 0.717) is 23.3 Å². The number of halogens is 1. The van der Waals surface area contributed by atoms with Gasteiger partial charge in [-0.1, -0.05) is 18.0 Å². The molecule has 5 nitrogen and oxygen atoms in total. The monoisotopic (exact) mass is 313 g/mol. The number of aryl methyl sites for hydroxylation is 1. The molecule has 1 atom stereocenters. The van der Waals surface area contributed by atoms with Crippen molar-refractivity contribution in [1.82, 2.24) is 14.8 Å². The van der Waals surface area contributed by atoms with Gasteiger partial charge in [-0.25, -0.2) is 0 Å². The van der Waals surface area contributed by atoms with Crippen LogP contribution in [0.1, 0.15) is 36.2 Å². The zero-order valence-electron chi connectivity index (χ0n) is 12.5. The molecule has 0 bridgehead atoms. The molecule has 2 N–H and O–H groups in total. The minimum atomic E-state index is -0.0956.